The number of thiazole rings is 1. The lowest BCUT2D eigenvalue weighted by Crippen LogP contribution is -2.31. The second-order valence-corrected chi connectivity index (χ2v) is 8.18. The van der Waals surface area contributed by atoms with Crippen LogP contribution < -0.4 is 15.4 Å². The normalized spacial score (nSPS) is 12.1. The summed E-state index contributed by atoms with van der Waals surface area (Å²) >= 11 is 13.3. The third-order valence-electron chi connectivity index (χ3n) is 4.19. The number of halogens is 4. The summed E-state index contributed by atoms with van der Waals surface area (Å²) in [4.78, 5) is 16.1. The molecule has 0 radical (unpaired) electrons. The molecule has 1 atom stereocenters. The van der Waals surface area contributed by atoms with Crippen molar-refractivity contribution in [1.29, 1.82) is 0 Å². The van der Waals surface area contributed by atoms with E-state index in [1.54, 1.807) is 6.92 Å². The molecule has 1 unspecified atom stereocenters. The smallest absolute Gasteiger partial charge is 0.321 e. The number of carbonyl (C=O) groups is 1. The van der Waals surface area contributed by atoms with Gasteiger partial charge in [0.1, 0.15) is 11.9 Å². The minimum atomic E-state index is -0.815. The Hall–Kier alpha value is -2.20. The maximum Gasteiger partial charge on any atom is 0.321 e. The third kappa shape index (κ3) is 5.74. The van der Waals surface area contributed by atoms with Crippen molar-refractivity contribution < 1.29 is 23.0 Å². The molecule has 0 aliphatic carbocycles. The summed E-state index contributed by atoms with van der Waals surface area (Å²) < 4.78 is 39.8. The summed E-state index contributed by atoms with van der Waals surface area (Å²) in [6.45, 7) is 4.75. The van der Waals surface area contributed by atoms with Gasteiger partial charge in [0.05, 0.1) is 21.8 Å². The number of urea groups is 1. The molecular formula is C20H19Cl2F2N3O3S. The van der Waals surface area contributed by atoms with Gasteiger partial charge in [-0.1, -0.05) is 34.5 Å². The molecule has 1 heterocycles. The average Bonchev–Trinajstić information content (AvgIpc) is 3.09. The Balaban J connectivity index is 1.75. The van der Waals surface area contributed by atoms with Crippen molar-refractivity contribution in [2.24, 2.45) is 0 Å². The molecule has 11 heteroatoms. The summed E-state index contributed by atoms with van der Waals surface area (Å²) in [5.41, 5.74) is 0.576. The van der Waals surface area contributed by atoms with Gasteiger partial charge in [-0.3, -0.25) is 5.32 Å². The minimum Gasteiger partial charge on any atom is -0.483 e. The lowest BCUT2D eigenvalue weighted by Gasteiger charge is -2.18. The number of aromatic nitrogens is 1. The van der Waals surface area contributed by atoms with Crippen molar-refractivity contribution >= 4 is 55.9 Å². The predicted molar refractivity (Wildman–Crippen MR) is 119 cm³/mol. The number of ether oxygens (including phenoxy) is 2. The molecule has 3 rings (SSSR count). The molecule has 0 saturated carbocycles. The molecule has 166 valence electrons. The van der Waals surface area contributed by atoms with Gasteiger partial charge in [-0.2, -0.15) is 0 Å². The number of benzene rings is 2. The predicted octanol–water partition coefficient (Wildman–Crippen LogP) is 6.18. The molecular weight excluding hydrogens is 471 g/mol. The van der Waals surface area contributed by atoms with E-state index in [2.05, 4.69) is 15.6 Å². The Kier molecular flexibility index (Phi) is 7.88. The maximum absolute atomic E-state index is 14.6. The zero-order valence-corrected chi connectivity index (χ0v) is 18.9. The fraction of sp³-hybridized carbons (Fsp3) is 0.300. The van der Waals surface area contributed by atoms with Crippen LogP contribution in [0, 0.1) is 11.6 Å². The first kappa shape index (κ1) is 23.5. The van der Waals surface area contributed by atoms with E-state index in [4.69, 9.17) is 32.7 Å². The van der Waals surface area contributed by atoms with Gasteiger partial charge in [-0.15, -0.1) is 0 Å². The fourth-order valence-electron chi connectivity index (χ4n) is 2.76. The molecule has 2 amide bonds. The zero-order valence-electron chi connectivity index (χ0n) is 16.6. The van der Waals surface area contributed by atoms with E-state index >= 15 is 0 Å². The van der Waals surface area contributed by atoms with Crippen LogP contribution in [-0.2, 0) is 4.74 Å². The number of hydrogen-bond acceptors (Lipinski definition) is 5. The van der Waals surface area contributed by atoms with E-state index in [-0.39, 0.29) is 21.4 Å². The maximum atomic E-state index is 14.6. The van der Waals surface area contributed by atoms with Crippen LogP contribution >= 0.6 is 34.5 Å². The van der Waals surface area contributed by atoms with Crippen LogP contribution in [-0.4, -0.2) is 30.8 Å². The number of carbonyl (C=O) groups excluding carboxylic acids is 1. The van der Waals surface area contributed by atoms with Gasteiger partial charge in [0.2, 0.25) is 0 Å². The van der Waals surface area contributed by atoms with E-state index in [0.29, 0.717) is 35.1 Å². The number of fused-ring (bicyclic) bond motifs is 1. The van der Waals surface area contributed by atoms with Crippen molar-refractivity contribution in [2.45, 2.75) is 20.0 Å². The summed E-state index contributed by atoms with van der Waals surface area (Å²) in [7, 11) is 0. The SMILES string of the molecule is CCOCCNC(=O)Nc1nc2cc(F)c(OC(C)c3c(Cl)ccc(F)c3Cl)cc2s1. The average molecular weight is 490 g/mol. The van der Waals surface area contributed by atoms with Gasteiger partial charge in [-0.25, -0.2) is 18.6 Å². The summed E-state index contributed by atoms with van der Waals surface area (Å²) in [5, 5.41) is 5.55. The molecule has 2 aromatic carbocycles. The highest BCUT2D eigenvalue weighted by atomic mass is 35.5. The molecule has 0 spiro atoms. The molecule has 0 bridgehead atoms. The van der Waals surface area contributed by atoms with Gasteiger partial charge < -0.3 is 14.8 Å². The van der Waals surface area contributed by atoms with Crippen molar-refractivity contribution in [3.8, 4) is 5.75 Å². The lowest BCUT2D eigenvalue weighted by molar-refractivity contribution is 0.150. The number of nitrogens with zero attached hydrogens (tertiary/aromatic N) is 1. The van der Waals surface area contributed by atoms with Crippen LogP contribution in [0.5, 0.6) is 5.75 Å². The quantitative estimate of drug-likeness (QED) is 0.292. The molecule has 0 aliphatic rings. The van der Waals surface area contributed by atoms with Crippen molar-refractivity contribution in [1.82, 2.24) is 10.3 Å². The highest BCUT2D eigenvalue weighted by Gasteiger charge is 2.21. The Morgan fingerprint density at radius 1 is 1.26 bits per heavy atom. The standard InChI is InChI=1S/C20H19Cl2F2N3O3S/c1-3-29-7-6-25-19(28)27-20-26-14-8-13(24)15(9-16(14)31-20)30-10(2)17-11(21)4-5-12(23)18(17)22/h4-5,8-10H,3,6-7H2,1-2H3,(H2,25,26,27,28). The van der Waals surface area contributed by atoms with Gasteiger partial charge >= 0.3 is 6.03 Å². The molecule has 0 aliphatic heterocycles. The molecule has 0 fully saturated rings. The first-order valence-electron chi connectivity index (χ1n) is 9.32. The summed E-state index contributed by atoms with van der Waals surface area (Å²) in [6, 6.07) is 4.71. The lowest BCUT2D eigenvalue weighted by atomic mass is 10.1. The number of anilines is 1. The van der Waals surface area contributed by atoms with Crippen LogP contribution in [0.3, 0.4) is 0 Å². The number of hydrogen-bond donors (Lipinski definition) is 2. The van der Waals surface area contributed by atoms with E-state index in [1.807, 2.05) is 6.92 Å². The Bertz CT molecular complexity index is 1100. The number of amides is 2. The Morgan fingerprint density at radius 3 is 2.77 bits per heavy atom. The van der Waals surface area contributed by atoms with Crippen molar-refractivity contribution in [3.63, 3.8) is 0 Å². The Morgan fingerprint density at radius 2 is 2.03 bits per heavy atom. The second kappa shape index (κ2) is 10.4. The second-order valence-electron chi connectivity index (χ2n) is 6.36. The molecule has 31 heavy (non-hydrogen) atoms. The molecule has 0 saturated heterocycles. The van der Waals surface area contributed by atoms with Crippen LogP contribution in [0.4, 0.5) is 18.7 Å². The molecule has 2 N–H and O–H groups in total. The van der Waals surface area contributed by atoms with Crippen LogP contribution in [0.25, 0.3) is 10.2 Å². The van der Waals surface area contributed by atoms with Gasteiger partial charge in [0, 0.05) is 35.9 Å². The largest absolute Gasteiger partial charge is 0.483 e. The van der Waals surface area contributed by atoms with E-state index in [0.717, 1.165) is 17.4 Å². The minimum absolute atomic E-state index is 0.0761. The first-order valence-corrected chi connectivity index (χ1v) is 10.9. The van der Waals surface area contributed by atoms with E-state index < -0.39 is 23.8 Å². The number of rotatable bonds is 8. The molecule has 3 aromatic rings. The van der Waals surface area contributed by atoms with Crippen LogP contribution in [0.1, 0.15) is 25.5 Å². The van der Waals surface area contributed by atoms with Gasteiger partial charge in [0.25, 0.3) is 0 Å². The first-order chi connectivity index (χ1) is 14.8. The number of nitrogens with one attached hydrogen (secondary N) is 2. The monoisotopic (exact) mass is 489 g/mol. The topological polar surface area (TPSA) is 72.5 Å². The third-order valence-corrected chi connectivity index (χ3v) is 5.84. The van der Waals surface area contributed by atoms with Crippen LogP contribution in [0.15, 0.2) is 24.3 Å². The van der Waals surface area contributed by atoms with E-state index in [9.17, 15) is 13.6 Å². The highest BCUT2D eigenvalue weighted by molar-refractivity contribution is 7.22. The van der Waals surface area contributed by atoms with Crippen molar-refractivity contribution in [2.75, 3.05) is 25.1 Å². The highest BCUT2D eigenvalue weighted by Crippen LogP contribution is 2.37. The zero-order chi connectivity index (χ0) is 22.5. The van der Waals surface area contributed by atoms with Crippen molar-refractivity contribution in [3.05, 3.63) is 51.5 Å². The fourth-order valence-corrected chi connectivity index (χ4v) is 4.31. The van der Waals surface area contributed by atoms with Crippen LogP contribution in [0.2, 0.25) is 10.0 Å². The summed E-state index contributed by atoms with van der Waals surface area (Å²) in [5.74, 6) is -1.39. The molecule has 1 aromatic heterocycles. The van der Waals surface area contributed by atoms with Gasteiger partial charge in [0.15, 0.2) is 16.7 Å². The van der Waals surface area contributed by atoms with E-state index in [1.165, 1.54) is 18.2 Å². The summed E-state index contributed by atoms with van der Waals surface area (Å²) in [6.07, 6.45) is -0.815. The molecule has 6 nitrogen and oxygen atoms in total. The Labute approximate surface area is 191 Å². The van der Waals surface area contributed by atoms with Gasteiger partial charge in [-0.05, 0) is 26.0 Å².